The third-order valence-corrected chi connectivity index (χ3v) is 4.21. The Morgan fingerprint density at radius 3 is 2.38 bits per heavy atom. The van der Waals surface area contributed by atoms with Gasteiger partial charge in [-0.05, 0) is 11.1 Å². The van der Waals surface area contributed by atoms with E-state index in [2.05, 4.69) is 0 Å². The van der Waals surface area contributed by atoms with Crippen LogP contribution in [0.3, 0.4) is 0 Å². The molecule has 1 heterocycles. The fourth-order valence-electron chi connectivity index (χ4n) is 2.93. The maximum absolute atomic E-state index is 13.8. The average molecular weight is 331 g/mol. The van der Waals surface area contributed by atoms with Crippen molar-refractivity contribution >= 4 is 6.09 Å². The second-order valence-corrected chi connectivity index (χ2v) is 5.97. The Kier molecular flexibility index (Phi) is 4.79. The first-order chi connectivity index (χ1) is 11.6. The van der Waals surface area contributed by atoms with Gasteiger partial charge in [-0.15, -0.1) is 0 Å². The number of nitrogens with zero attached hydrogens (tertiary/aromatic N) is 1. The number of hydrogen-bond donors (Lipinski definition) is 0. The molecule has 0 saturated carbocycles. The molecular weight excluding hydrogens is 312 g/mol. The molecule has 126 valence electrons. The molecule has 24 heavy (non-hydrogen) atoms. The molecule has 0 aromatic heterocycles. The molecule has 1 saturated heterocycles. The minimum Gasteiger partial charge on any atom is -0.445 e. The van der Waals surface area contributed by atoms with E-state index in [1.165, 1.54) is 4.90 Å². The van der Waals surface area contributed by atoms with Crippen LogP contribution in [0.1, 0.15) is 30.0 Å². The van der Waals surface area contributed by atoms with Crippen molar-refractivity contribution in [2.24, 2.45) is 0 Å². The zero-order chi connectivity index (χ0) is 17.0. The summed E-state index contributed by atoms with van der Waals surface area (Å²) < 4.78 is 33.0. The van der Waals surface area contributed by atoms with Gasteiger partial charge in [-0.2, -0.15) is 0 Å². The molecule has 0 N–H and O–H groups in total. The number of carbonyl (C=O) groups excluding carboxylic acids is 1. The molecule has 1 fully saturated rings. The fraction of sp³-hybridized carbons (Fsp3) is 0.316. The highest BCUT2D eigenvalue weighted by Crippen LogP contribution is 2.40. The number of alkyl halides is 2. The number of carbonyl (C=O) groups is 1. The van der Waals surface area contributed by atoms with E-state index in [-0.39, 0.29) is 26.0 Å². The summed E-state index contributed by atoms with van der Waals surface area (Å²) in [6.45, 7) is 0.119. The van der Waals surface area contributed by atoms with E-state index < -0.39 is 18.1 Å². The molecule has 3 rings (SSSR count). The maximum Gasteiger partial charge on any atom is 0.410 e. The summed E-state index contributed by atoms with van der Waals surface area (Å²) in [4.78, 5) is 13.8. The van der Waals surface area contributed by atoms with Crippen LogP contribution in [-0.4, -0.2) is 23.5 Å². The summed E-state index contributed by atoms with van der Waals surface area (Å²) in [6, 6.07) is 17.6. The van der Waals surface area contributed by atoms with Crippen LogP contribution in [-0.2, 0) is 11.3 Å². The molecular formula is C19H19F2NO2. The number of likely N-dealkylation sites (tertiary alicyclic amines) is 1. The molecule has 0 bridgehead atoms. The highest BCUT2D eigenvalue weighted by Gasteiger charge is 2.43. The Balaban J connectivity index is 1.73. The van der Waals surface area contributed by atoms with Gasteiger partial charge in [0.15, 0.2) is 0 Å². The minimum absolute atomic E-state index is 0.0137. The summed E-state index contributed by atoms with van der Waals surface area (Å²) >= 11 is 0. The molecule has 1 amide bonds. The fourth-order valence-corrected chi connectivity index (χ4v) is 2.93. The lowest BCUT2D eigenvalue weighted by Crippen LogP contribution is -2.45. The number of halogens is 2. The molecule has 1 aliphatic rings. The molecule has 2 aromatic carbocycles. The van der Waals surface area contributed by atoms with Gasteiger partial charge in [0.25, 0.3) is 5.92 Å². The Bertz CT molecular complexity index is 676. The lowest BCUT2D eigenvalue weighted by Gasteiger charge is -2.38. The SMILES string of the molecule is O=C(OCc1ccccc1)N1CCC(F)(F)C[C@H]1c1ccccc1. The van der Waals surface area contributed by atoms with Crippen LogP contribution in [0.25, 0.3) is 0 Å². The van der Waals surface area contributed by atoms with E-state index in [9.17, 15) is 13.6 Å². The average Bonchev–Trinajstić information content (AvgIpc) is 2.60. The van der Waals surface area contributed by atoms with Gasteiger partial charge in [-0.25, -0.2) is 13.6 Å². The van der Waals surface area contributed by atoms with E-state index >= 15 is 0 Å². The van der Waals surface area contributed by atoms with Gasteiger partial charge in [-0.3, -0.25) is 0 Å². The largest absolute Gasteiger partial charge is 0.445 e. The Labute approximate surface area is 139 Å². The number of rotatable bonds is 3. The van der Waals surface area contributed by atoms with Crippen molar-refractivity contribution in [1.29, 1.82) is 0 Å². The minimum atomic E-state index is -2.77. The number of benzene rings is 2. The highest BCUT2D eigenvalue weighted by molar-refractivity contribution is 5.68. The number of amides is 1. The van der Waals surface area contributed by atoms with E-state index in [4.69, 9.17) is 4.74 Å². The zero-order valence-corrected chi connectivity index (χ0v) is 13.2. The van der Waals surface area contributed by atoms with Crippen LogP contribution in [0.2, 0.25) is 0 Å². The highest BCUT2D eigenvalue weighted by atomic mass is 19.3. The van der Waals surface area contributed by atoms with Gasteiger partial charge in [0, 0.05) is 19.4 Å². The van der Waals surface area contributed by atoms with E-state index in [1.807, 2.05) is 36.4 Å². The molecule has 0 aliphatic carbocycles. The predicted molar refractivity (Wildman–Crippen MR) is 86.7 cm³/mol. The Hall–Kier alpha value is -2.43. The molecule has 3 nitrogen and oxygen atoms in total. The van der Waals surface area contributed by atoms with Crippen LogP contribution in [0, 0.1) is 0 Å². The van der Waals surface area contributed by atoms with Gasteiger partial charge in [-0.1, -0.05) is 60.7 Å². The second-order valence-electron chi connectivity index (χ2n) is 5.97. The molecule has 0 radical (unpaired) electrons. The van der Waals surface area contributed by atoms with Crippen LogP contribution < -0.4 is 0 Å². The van der Waals surface area contributed by atoms with Crippen molar-refractivity contribution in [3.63, 3.8) is 0 Å². The summed E-state index contributed by atoms with van der Waals surface area (Å²) in [6.07, 6.45) is -1.27. The predicted octanol–water partition coefficient (Wildman–Crippen LogP) is 4.80. The van der Waals surface area contributed by atoms with Crippen LogP contribution in [0.5, 0.6) is 0 Å². The molecule has 0 unspecified atom stereocenters. The van der Waals surface area contributed by atoms with E-state index in [0.29, 0.717) is 5.56 Å². The number of ether oxygens (including phenoxy) is 1. The first kappa shape index (κ1) is 16.4. The monoisotopic (exact) mass is 331 g/mol. The number of hydrogen-bond acceptors (Lipinski definition) is 2. The second kappa shape index (κ2) is 6.99. The van der Waals surface area contributed by atoms with Crippen molar-refractivity contribution in [1.82, 2.24) is 4.90 Å². The molecule has 1 atom stereocenters. The van der Waals surface area contributed by atoms with Gasteiger partial charge in [0.1, 0.15) is 6.61 Å². The van der Waals surface area contributed by atoms with Crippen molar-refractivity contribution in [2.75, 3.05) is 6.54 Å². The van der Waals surface area contributed by atoms with Crippen LogP contribution in [0.15, 0.2) is 60.7 Å². The van der Waals surface area contributed by atoms with Crippen molar-refractivity contribution in [3.8, 4) is 0 Å². The Morgan fingerprint density at radius 1 is 1.08 bits per heavy atom. The summed E-state index contributed by atoms with van der Waals surface area (Å²) in [5.74, 6) is -2.77. The van der Waals surface area contributed by atoms with Gasteiger partial charge in [0.2, 0.25) is 0 Å². The first-order valence-electron chi connectivity index (χ1n) is 7.95. The van der Waals surface area contributed by atoms with Crippen molar-refractivity contribution < 1.29 is 18.3 Å². The molecule has 2 aromatic rings. The maximum atomic E-state index is 13.8. The lowest BCUT2D eigenvalue weighted by molar-refractivity contribution is -0.0753. The molecule has 0 spiro atoms. The lowest BCUT2D eigenvalue weighted by atomic mass is 9.93. The summed E-state index contributed by atoms with van der Waals surface area (Å²) in [5, 5.41) is 0. The first-order valence-corrected chi connectivity index (χ1v) is 7.95. The van der Waals surface area contributed by atoms with Crippen LogP contribution >= 0.6 is 0 Å². The van der Waals surface area contributed by atoms with Gasteiger partial charge < -0.3 is 9.64 Å². The standard InChI is InChI=1S/C19H19F2NO2/c20-19(21)11-12-22(17(13-19)16-9-5-2-6-10-16)18(23)24-14-15-7-3-1-4-8-15/h1-10,17H,11-14H2/t17-/m0/s1. The van der Waals surface area contributed by atoms with Crippen molar-refractivity contribution in [2.45, 2.75) is 31.4 Å². The Morgan fingerprint density at radius 2 is 1.71 bits per heavy atom. The van der Waals surface area contributed by atoms with Crippen LogP contribution in [0.4, 0.5) is 13.6 Å². The smallest absolute Gasteiger partial charge is 0.410 e. The van der Waals surface area contributed by atoms with Gasteiger partial charge in [0.05, 0.1) is 6.04 Å². The topological polar surface area (TPSA) is 29.5 Å². The van der Waals surface area contributed by atoms with E-state index in [1.54, 1.807) is 24.3 Å². The summed E-state index contributed by atoms with van der Waals surface area (Å²) in [7, 11) is 0. The van der Waals surface area contributed by atoms with Crippen molar-refractivity contribution in [3.05, 3.63) is 71.8 Å². The normalized spacial score (nSPS) is 19.8. The molecule has 5 heteroatoms. The van der Waals surface area contributed by atoms with E-state index in [0.717, 1.165) is 5.56 Å². The number of piperidine rings is 1. The molecule has 1 aliphatic heterocycles. The quantitative estimate of drug-likeness (QED) is 0.809. The zero-order valence-electron chi connectivity index (χ0n) is 13.2. The third-order valence-electron chi connectivity index (χ3n) is 4.21. The third kappa shape index (κ3) is 3.91. The van der Waals surface area contributed by atoms with Gasteiger partial charge >= 0.3 is 6.09 Å². The summed E-state index contributed by atoms with van der Waals surface area (Å²) in [5.41, 5.74) is 1.57.